The number of hydrogen-bond donors (Lipinski definition) is 0. The number of ether oxygens (including phenoxy) is 2. The number of carbonyl (C=O) groups is 1. The number of benzene rings is 6. The second-order valence-corrected chi connectivity index (χ2v) is 20.4. The minimum atomic E-state index is 0. The van der Waals surface area contributed by atoms with Gasteiger partial charge in [0.1, 0.15) is 11.5 Å². The monoisotopic (exact) mass is 1150 g/mol. The molecule has 0 radical (unpaired) electrons. The first kappa shape index (κ1) is 86.2. The number of rotatable bonds is 18. The van der Waals surface area contributed by atoms with Crippen molar-refractivity contribution in [3.05, 3.63) is 209 Å². The summed E-state index contributed by atoms with van der Waals surface area (Å²) >= 11 is 10.6. The van der Waals surface area contributed by atoms with Gasteiger partial charge in [0.2, 0.25) is 0 Å². The Morgan fingerprint density at radius 1 is 0.408 bits per heavy atom. The molecule has 6 rings (SSSR count). The maximum atomic E-state index is 12.2. The van der Waals surface area contributed by atoms with Crippen LogP contribution in [-0.4, -0.2) is 67.4 Å². The molecule has 0 spiro atoms. The molecule has 0 heterocycles. The lowest BCUT2D eigenvalue weighted by Gasteiger charge is -2.06. The van der Waals surface area contributed by atoms with E-state index in [2.05, 4.69) is 138 Å². The van der Waals surface area contributed by atoms with Crippen LogP contribution in [0.3, 0.4) is 0 Å². The second-order valence-electron chi connectivity index (χ2n) is 15.1. The van der Waals surface area contributed by atoms with E-state index in [1.807, 2.05) is 135 Å². The largest absolute Gasteiger partial charge is 0.457 e. The number of ketones is 1. The van der Waals surface area contributed by atoms with E-state index in [9.17, 15) is 4.79 Å². The highest BCUT2D eigenvalue weighted by Crippen LogP contribution is 2.25. The number of carbonyl (C=O) groups excluding carboxylic acids is 1. The number of aryl methyl sites for hydroxylation is 3. The highest BCUT2D eigenvalue weighted by atomic mass is 32.2. The molecule has 0 atom stereocenters. The maximum absolute atomic E-state index is 12.2. The summed E-state index contributed by atoms with van der Waals surface area (Å²) in [6.45, 7) is 13.3. The summed E-state index contributed by atoms with van der Waals surface area (Å²) in [5.41, 5.74) is 7.97. The summed E-state index contributed by atoms with van der Waals surface area (Å²) < 4.78 is 10.7. The number of hydrogen-bond acceptors (Lipinski definition) is 9. The highest BCUT2D eigenvalue weighted by molar-refractivity contribution is 7.99. The molecular formula is C67H106O3S6. The average molecular weight is 1150 g/mol. The second kappa shape index (κ2) is 57.5. The van der Waals surface area contributed by atoms with Gasteiger partial charge in [0, 0.05) is 43.9 Å². The van der Waals surface area contributed by atoms with E-state index in [1.165, 1.54) is 55.3 Å². The van der Waals surface area contributed by atoms with Crippen molar-refractivity contribution in [2.75, 3.05) is 61.6 Å². The van der Waals surface area contributed by atoms with E-state index in [4.69, 9.17) is 9.47 Å². The van der Waals surface area contributed by atoms with Crippen molar-refractivity contribution in [2.45, 2.75) is 127 Å². The van der Waals surface area contributed by atoms with E-state index in [-0.39, 0.29) is 57.8 Å². The molecule has 76 heavy (non-hydrogen) atoms. The Kier molecular flexibility index (Phi) is 65.2. The van der Waals surface area contributed by atoms with Gasteiger partial charge in [-0.25, -0.2) is 0 Å². The molecular weight excluding hydrogens is 1050 g/mol. The fraction of sp³-hybridized carbons (Fsp3) is 0.388. The van der Waals surface area contributed by atoms with Crippen LogP contribution in [-0.2, 0) is 11.2 Å². The van der Waals surface area contributed by atoms with Crippen LogP contribution in [0, 0.1) is 20.8 Å². The molecule has 0 aliphatic heterocycles. The molecule has 0 fully saturated rings. The van der Waals surface area contributed by atoms with Crippen molar-refractivity contribution >= 4 is 76.4 Å². The molecule has 0 saturated carbocycles. The van der Waals surface area contributed by atoms with Gasteiger partial charge in [-0.15, -0.1) is 47.0 Å². The lowest BCUT2D eigenvalue weighted by atomic mass is 10.0. The summed E-state index contributed by atoms with van der Waals surface area (Å²) in [4.78, 5) is 15.9. The first-order valence-corrected chi connectivity index (χ1v) is 31.0. The van der Waals surface area contributed by atoms with Crippen LogP contribution < -0.4 is 4.74 Å². The van der Waals surface area contributed by atoms with E-state index >= 15 is 0 Å². The minimum Gasteiger partial charge on any atom is -0.457 e. The fourth-order valence-electron chi connectivity index (χ4n) is 5.51. The molecule has 6 aromatic rings. The molecule has 6 aromatic carbocycles. The van der Waals surface area contributed by atoms with E-state index < -0.39 is 0 Å². The van der Waals surface area contributed by atoms with Crippen molar-refractivity contribution in [1.82, 2.24) is 0 Å². The SMILES string of the molecule is C.C.C.C.C.C.C.CCC=CCSC.CCC=CCSC.CCOCSC.CSc1ccc(C(=O)c2ccc(C)cc2)cc1.CSc1ccc(Cc2ccc(C)cc2)cc1.CSc1ccc(Oc2ccc(C)cc2)cc1. The topological polar surface area (TPSA) is 35.5 Å². The average Bonchev–Trinajstić information content (AvgIpc) is 3.39. The van der Waals surface area contributed by atoms with Crippen LogP contribution in [0.4, 0.5) is 0 Å². The van der Waals surface area contributed by atoms with Crippen molar-refractivity contribution in [2.24, 2.45) is 0 Å². The fourth-order valence-corrected chi connectivity index (χ4v) is 7.73. The molecule has 0 unspecified atom stereocenters. The van der Waals surface area contributed by atoms with E-state index in [0.29, 0.717) is 0 Å². The van der Waals surface area contributed by atoms with Crippen molar-refractivity contribution in [1.29, 1.82) is 0 Å². The van der Waals surface area contributed by atoms with Gasteiger partial charge in [0.05, 0.1) is 5.94 Å². The van der Waals surface area contributed by atoms with Crippen LogP contribution in [0.2, 0.25) is 0 Å². The Morgan fingerprint density at radius 2 is 0.711 bits per heavy atom. The molecule has 0 bridgehead atoms. The smallest absolute Gasteiger partial charge is 0.193 e. The lowest BCUT2D eigenvalue weighted by Crippen LogP contribution is -2.00. The molecule has 428 valence electrons. The molecule has 9 heteroatoms. The van der Waals surface area contributed by atoms with Gasteiger partial charge in [-0.1, -0.05) is 180 Å². The molecule has 0 aliphatic rings. The molecule has 0 aromatic heterocycles. The third kappa shape index (κ3) is 42.4. The minimum absolute atomic E-state index is 0. The summed E-state index contributed by atoms with van der Waals surface area (Å²) in [5, 5.41) is 0. The van der Waals surface area contributed by atoms with Crippen LogP contribution in [0.5, 0.6) is 11.5 Å². The van der Waals surface area contributed by atoms with Gasteiger partial charge in [0.15, 0.2) is 5.78 Å². The van der Waals surface area contributed by atoms with Gasteiger partial charge >= 0.3 is 0 Å². The molecule has 0 N–H and O–H groups in total. The zero-order chi connectivity index (χ0) is 50.9. The van der Waals surface area contributed by atoms with Gasteiger partial charge in [-0.3, -0.25) is 4.79 Å². The molecule has 0 amide bonds. The standard InChI is InChI=1S/C15H14OS.C15H16S.C14H14OS.2C6H12S.C4H10OS.7CH4/c1-11-3-5-12(6-4-11)15(16)13-7-9-14(17-2)10-8-13;1-12-3-5-13(6-4-12)11-14-7-9-15(16-2)10-8-14;1-11-3-5-12(6-4-11)15-13-7-9-14(16-2)10-8-13;2*1-3-4-5-6-7-2;1-3-5-4-6-2;;;;;;;/h3-10H,1-2H3;3-10H,11H2,1-2H3;3-10H,1-2H3;2*4-5H,3,6H2,1-2H3;3-4H2,1-2H3;7*1H4. The molecule has 0 aliphatic carbocycles. The third-order valence-corrected chi connectivity index (χ3v) is 13.1. The summed E-state index contributed by atoms with van der Waals surface area (Å²) in [7, 11) is 0. The number of thioether (sulfide) groups is 6. The van der Waals surface area contributed by atoms with Crippen LogP contribution in [0.15, 0.2) is 185 Å². The number of allylic oxidation sites excluding steroid dienone is 2. The van der Waals surface area contributed by atoms with Gasteiger partial charge < -0.3 is 9.47 Å². The zero-order valence-electron chi connectivity index (χ0n) is 43.3. The van der Waals surface area contributed by atoms with Gasteiger partial charge in [0.25, 0.3) is 0 Å². The Balaban J connectivity index is -0.000000154. The van der Waals surface area contributed by atoms with Gasteiger partial charge in [-0.2, -0.15) is 23.5 Å². The van der Waals surface area contributed by atoms with E-state index in [1.54, 1.807) is 47.0 Å². The quantitative estimate of drug-likeness (QED) is 0.0275. The Hall–Kier alpha value is -3.67. The maximum Gasteiger partial charge on any atom is 0.193 e. The predicted molar refractivity (Wildman–Crippen MR) is 367 cm³/mol. The van der Waals surface area contributed by atoms with Crippen LogP contribution >= 0.6 is 70.6 Å². The van der Waals surface area contributed by atoms with Crippen molar-refractivity contribution < 1.29 is 14.3 Å². The van der Waals surface area contributed by atoms with Gasteiger partial charge in [-0.05, 0) is 168 Å². The highest BCUT2D eigenvalue weighted by Gasteiger charge is 2.08. The summed E-state index contributed by atoms with van der Waals surface area (Å²) in [5.74, 6) is 4.99. The van der Waals surface area contributed by atoms with Crippen LogP contribution in [0.25, 0.3) is 0 Å². The Labute approximate surface area is 496 Å². The molecule has 0 saturated heterocycles. The third-order valence-electron chi connectivity index (χ3n) is 9.41. The predicted octanol–water partition coefficient (Wildman–Crippen LogP) is 23.2. The Bertz CT molecular complexity index is 2090. The normalized spacial score (nSPS) is 9.26. The van der Waals surface area contributed by atoms with Crippen molar-refractivity contribution in [3.63, 3.8) is 0 Å². The first-order valence-electron chi connectivity index (χ1n) is 23.2. The van der Waals surface area contributed by atoms with Crippen LogP contribution in [0.1, 0.15) is 129 Å². The molecule has 3 nitrogen and oxygen atoms in total. The zero-order valence-corrected chi connectivity index (χ0v) is 48.2. The summed E-state index contributed by atoms with van der Waals surface area (Å²) in [6, 6.07) is 49.1. The lowest BCUT2D eigenvalue weighted by molar-refractivity contribution is 0.103. The van der Waals surface area contributed by atoms with Crippen molar-refractivity contribution in [3.8, 4) is 11.5 Å². The summed E-state index contributed by atoms with van der Waals surface area (Å²) in [6.07, 6.45) is 24.6. The van der Waals surface area contributed by atoms with E-state index in [0.717, 1.165) is 53.1 Å². The first-order chi connectivity index (χ1) is 33.5. The Morgan fingerprint density at radius 3 is 1.03 bits per heavy atom.